The Hall–Kier alpha value is -0.120. The van der Waals surface area contributed by atoms with Gasteiger partial charge < -0.3 is 15.2 Å². The van der Waals surface area contributed by atoms with E-state index in [0.29, 0.717) is 12.7 Å². The Balaban J connectivity index is 3.76. The number of ether oxygens (including phenoxy) is 1. The summed E-state index contributed by atoms with van der Waals surface area (Å²) in [5.74, 6) is 0. The highest BCUT2D eigenvalue weighted by Gasteiger charge is 2.21. The zero-order valence-corrected chi connectivity index (χ0v) is 10.7. The molecule has 0 fully saturated rings. The number of aliphatic hydroxyl groups excluding tert-OH is 1. The fourth-order valence-electron chi connectivity index (χ4n) is 1.25. The summed E-state index contributed by atoms with van der Waals surface area (Å²) in [5.41, 5.74) is -0.191. The predicted molar refractivity (Wildman–Crippen MR) is 64.1 cm³/mol. The monoisotopic (exact) mass is 217 g/mol. The summed E-state index contributed by atoms with van der Waals surface area (Å²) in [6, 6.07) is 0. The summed E-state index contributed by atoms with van der Waals surface area (Å²) in [6.45, 7) is 10.2. The molecule has 0 bridgehead atoms. The van der Waals surface area contributed by atoms with E-state index in [9.17, 15) is 5.11 Å². The fraction of sp³-hybridized carbons (Fsp3) is 1.00. The van der Waals surface area contributed by atoms with Gasteiger partial charge in [-0.25, -0.2) is 0 Å². The molecule has 0 aliphatic rings. The van der Waals surface area contributed by atoms with Crippen molar-refractivity contribution in [3.05, 3.63) is 0 Å². The van der Waals surface area contributed by atoms with E-state index >= 15 is 0 Å². The molecule has 0 aromatic heterocycles. The van der Waals surface area contributed by atoms with E-state index < -0.39 is 0 Å². The van der Waals surface area contributed by atoms with Crippen molar-refractivity contribution in [2.45, 2.75) is 58.6 Å². The van der Waals surface area contributed by atoms with Gasteiger partial charge in [-0.3, -0.25) is 0 Å². The SMILES string of the molecule is CCCNC(C)(CO)CCOC(C)CC. The van der Waals surface area contributed by atoms with Gasteiger partial charge in [0.25, 0.3) is 0 Å². The molecule has 0 aromatic carbocycles. The van der Waals surface area contributed by atoms with Crippen LogP contribution in [0.4, 0.5) is 0 Å². The summed E-state index contributed by atoms with van der Waals surface area (Å²) in [5, 5.41) is 12.7. The Bertz CT molecular complexity index is 153. The lowest BCUT2D eigenvalue weighted by Gasteiger charge is -2.29. The van der Waals surface area contributed by atoms with Crippen molar-refractivity contribution in [1.29, 1.82) is 0 Å². The minimum absolute atomic E-state index is 0.164. The van der Waals surface area contributed by atoms with Crippen LogP contribution in [-0.2, 0) is 4.74 Å². The lowest BCUT2D eigenvalue weighted by molar-refractivity contribution is 0.0390. The molecule has 0 saturated carbocycles. The van der Waals surface area contributed by atoms with E-state index in [1.54, 1.807) is 0 Å². The highest BCUT2D eigenvalue weighted by atomic mass is 16.5. The van der Waals surface area contributed by atoms with Crippen LogP contribution in [0.1, 0.15) is 47.0 Å². The van der Waals surface area contributed by atoms with Gasteiger partial charge in [0, 0.05) is 12.1 Å². The molecular formula is C12H27NO2. The van der Waals surface area contributed by atoms with Crippen molar-refractivity contribution >= 4 is 0 Å². The van der Waals surface area contributed by atoms with Crippen molar-refractivity contribution in [3.8, 4) is 0 Å². The van der Waals surface area contributed by atoms with Gasteiger partial charge in [0.2, 0.25) is 0 Å². The molecule has 2 atom stereocenters. The Morgan fingerprint density at radius 3 is 2.53 bits per heavy atom. The molecule has 0 rings (SSSR count). The molecule has 0 saturated heterocycles. The van der Waals surface area contributed by atoms with Gasteiger partial charge in [-0.2, -0.15) is 0 Å². The molecule has 3 heteroatoms. The normalized spacial score (nSPS) is 17.4. The van der Waals surface area contributed by atoms with E-state index in [2.05, 4.69) is 26.1 Å². The summed E-state index contributed by atoms with van der Waals surface area (Å²) in [6.07, 6.45) is 3.30. The van der Waals surface area contributed by atoms with Crippen LogP contribution in [0.15, 0.2) is 0 Å². The van der Waals surface area contributed by atoms with Crippen molar-refractivity contribution in [3.63, 3.8) is 0 Å². The number of aliphatic hydroxyl groups is 1. The lowest BCUT2D eigenvalue weighted by atomic mass is 9.99. The molecule has 2 N–H and O–H groups in total. The maximum atomic E-state index is 9.32. The third-order valence-electron chi connectivity index (χ3n) is 2.78. The van der Waals surface area contributed by atoms with Crippen molar-refractivity contribution in [2.24, 2.45) is 0 Å². The second-order valence-electron chi connectivity index (χ2n) is 4.49. The number of nitrogens with one attached hydrogen (secondary N) is 1. The second-order valence-corrected chi connectivity index (χ2v) is 4.49. The third kappa shape index (κ3) is 6.88. The Kier molecular flexibility index (Phi) is 8.02. The number of hydrogen-bond donors (Lipinski definition) is 2. The van der Waals surface area contributed by atoms with Crippen LogP contribution in [0, 0.1) is 0 Å². The first-order valence-electron chi connectivity index (χ1n) is 6.05. The highest BCUT2D eigenvalue weighted by molar-refractivity contribution is 4.81. The summed E-state index contributed by atoms with van der Waals surface area (Å²) < 4.78 is 5.62. The molecule has 0 heterocycles. The topological polar surface area (TPSA) is 41.5 Å². The minimum Gasteiger partial charge on any atom is -0.394 e. The zero-order valence-electron chi connectivity index (χ0n) is 10.7. The lowest BCUT2D eigenvalue weighted by Crippen LogP contribution is -2.47. The quantitative estimate of drug-likeness (QED) is 0.620. The van der Waals surface area contributed by atoms with Gasteiger partial charge in [0.05, 0.1) is 12.7 Å². The second kappa shape index (κ2) is 8.08. The molecule has 0 aliphatic heterocycles. The first-order chi connectivity index (χ1) is 7.08. The van der Waals surface area contributed by atoms with Gasteiger partial charge in [-0.15, -0.1) is 0 Å². The fourth-order valence-corrected chi connectivity index (χ4v) is 1.25. The van der Waals surface area contributed by atoms with Gasteiger partial charge >= 0.3 is 0 Å². The van der Waals surface area contributed by atoms with E-state index in [-0.39, 0.29) is 12.1 Å². The summed E-state index contributed by atoms with van der Waals surface area (Å²) in [4.78, 5) is 0. The minimum atomic E-state index is -0.191. The van der Waals surface area contributed by atoms with Gasteiger partial charge in [0.1, 0.15) is 0 Å². The molecule has 0 radical (unpaired) electrons. The van der Waals surface area contributed by atoms with Crippen LogP contribution in [-0.4, -0.2) is 36.5 Å². The molecule has 0 amide bonds. The van der Waals surface area contributed by atoms with Crippen LogP contribution >= 0.6 is 0 Å². The predicted octanol–water partition coefficient (Wildman–Crippen LogP) is 1.94. The van der Waals surface area contributed by atoms with Crippen LogP contribution < -0.4 is 5.32 Å². The number of rotatable bonds is 9. The van der Waals surface area contributed by atoms with Crippen molar-refractivity contribution in [2.75, 3.05) is 19.8 Å². The standard InChI is InChI=1S/C12H27NO2/c1-5-8-13-12(4,10-14)7-9-15-11(3)6-2/h11,13-14H,5-10H2,1-4H3. The molecular weight excluding hydrogens is 190 g/mol. The van der Waals surface area contributed by atoms with Crippen molar-refractivity contribution < 1.29 is 9.84 Å². The highest BCUT2D eigenvalue weighted by Crippen LogP contribution is 2.10. The maximum absolute atomic E-state index is 9.32. The van der Waals surface area contributed by atoms with Gasteiger partial charge in [0.15, 0.2) is 0 Å². The maximum Gasteiger partial charge on any atom is 0.0611 e. The Labute approximate surface area is 94.2 Å². The first-order valence-corrected chi connectivity index (χ1v) is 6.05. The summed E-state index contributed by atoms with van der Waals surface area (Å²) >= 11 is 0. The van der Waals surface area contributed by atoms with Crippen LogP contribution in [0.25, 0.3) is 0 Å². The van der Waals surface area contributed by atoms with Gasteiger partial charge in [-0.05, 0) is 39.7 Å². The molecule has 15 heavy (non-hydrogen) atoms. The van der Waals surface area contributed by atoms with E-state index in [1.807, 2.05) is 6.92 Å². The van der Waals surface area contributed by atoms with Crippen LogP contribution in [0.3, 0.4) is 0 Å². The van der Waals surface area contributed by atoms with E-state index in [0.717, 1.165) is 25.8 Å². The smallest absolute Gasteiger partial charge is 0.0611 e. The molecule has 0 spiro atoms. The average molecular weight is 217 g/mol. The Morgan fingerprint density at radius 1 is 1.40 bits per heavy atom. The number of hydrogen-bond acceptors (Lipinski definition) is 3. The first kappa shape index (κ1) is 14.9. The summed E-state index contributed by atoms with van der Waals surface area (Å²) in [7, 11) is 0. The zero-order chi connectivity index (χ0) is 11.7. The van der Waals surface area contributed by atoms with Gasteiger partial charge in [-0.1, -0.05) is 13.8 Å². The van der Waals surface area contributed by atoms with E-state index in [4.69, 9.17) is 4.74 Å². The van der Waals surface area contributed by atoms with Crippen LogP contribution in [0.5, 0.6) is 0 Å². The molecule has 92 valence electrons. The van der Waals surface area contributed by atoms with E-state index in [1.165, 1.54) is 0 Å². The average Bonchev–Trinajstić information content (AvgIpc) is 2.26. The van der Waals surface area contributed by atoms with Crippen molar-refractivity contribution in [1.82, 2.24) is 5.32 Å². The third-order valence-corrected chi connectivity index (χ3v) is 2.78. The van der Waals surface area contributed by atoms with Crippen LogP contribution in [0.2, 0.25) is 0 Å². The Morgan fingerprint density at radius 2 is 2.07 bits per heavy atom. The molecule has 2 unspecified atom stereocenters. The largest absolute Gasteiger partial charge is 0.394 e. The molecule has 0 aliphatic carbocycles. The molecule has 0 aromatic rings. The molecule has 3 nitrogen and oxygen atoms in total.